The highest BCUT2D eigenvalue weighted by molar-refractivity contribution is 5.29. The van der Waals surface area contributed by atoms with Gasteiger partial charge in [-0.2, -0.15) is 0 Å². The summed E-state index contributed by atoms with van der Waals surface area (Å²) in [5.74, 6) is 1.63. The van der Waals surface area contributed by atoms with Gasteiger partial charge in [-0.3, -0.25) is 0 Å². The van der Waals surface area contributed by atoms with E-state index in [0.29, 0.717) is 0 Å². The summed E-state index contributed by atoms with van der Waals surface area (Å²) in [6.07, 6.45) is 1.42. The number of nitrogens with two attached hydrogens (primary N) is 1. The highest BCUT2D eigenvalue weighted by Gasteiger charge is 2.13. The van der Waals surface area contributed by atoms with E-state index >= 15 is 0 Å². The molecule has 1 aromatic carbocycles. The Labute approximate surface area is 130 Å². The first-order chi connectivity index (χ1) is 9.96. The summed E-state index contributed by atoms with van der Waals surface area (Å²) >= 11 is 0. The summed E-state index contributed by atoms with van der Waals surface area (Å²) in [5, 5.41) is 0. The van der Waals surface area contributed by atoms with Crippen molar-refractivity contribution in [2.24, 2.45) is 11.7 Å². The molecule has 2 unspecified atom stereocenters. The van der Waals surface area contributed by atoms with Gasteiger partial charge < -0.3 is 15.4 Å². The minimum absolute atomic E-state index is 0.0575. The fourth-order valence-corrected chi connectivity index (χ4v) is 2.35. The van der Waals surface area contributed by atoms with E-state index in [2.05, 4.69) is 37.8 Å². The second-order valence-electron chi connectivity index (χ2n) is 6.21. The molecule has 2 N–H and O–H groups in total. The first kappa shape index (κ1) is 18.0. The van der Waals surface area contributed by atoms with Gasteiger partial charge in [0, 0.05) is 19.1 Å². The molecule has 0 amide bonds. The van der Waals surface area contributed by atoms with E-state index in [4.69, 9.17) is 10.5 Å². The van der Waals surface area contributed by atoms with Crippen LogP contribution < -0.4 is 10.5 Å². The highest BCUT2D eigenvalue weighted by atomic mass is 16.5. The molecule has 0 aliphatic carbocycles. The van der Waals surface area contributed by atoms with Gasteiger partial charge in [-0.05, 0) is 44.0 Å². The Bertz CT molecular complexity index is 389. The van der Waals surface area contributed by atoms with Crippen LogP contribution in [0.4, 0.5) is 0 Å². The van der Waals surface area contributed by atoms with Gasteiger partial charge in [-0.25, -0.2) is 0 Å². The summed E-state index contributed by atoms with van der Waals surface area (Å²) < 4.78 is 5.67. The van der Waals surface area contributed by atoms with Crippen LogP contribution in [-0.4, -0.2) is 30.6 Å². The molecule has 1 aromatic rings. The molecule has 0 saturated heterocycles. The van der Waals surface area contributed by atoms with E-state index in [1.54, 1.807) is 0 Å². The number of rotatable bonds is 9. The van der Waals surface area contributed by atoms with Crippen LogP contribution in [0.1, 0.15) is 52.6 Å². The fourth-order valence-electron chi connectivity index (χ4n) is 2.35. The van der Waals surface area contributed by atoms with Crippen molar-refractivity contribution in [2.75, 3.05) is 19.6 Å². The largest absolute Gasteiger partial charge is 0.491 e. The number of hydrogen-bond acceptors (Lipinski definition) is 3. The lowest BCUT2D eigenvalue weighted by Gasteiger charge is -2.27. The summed E-state index contributed by atoms with van der Waals surface area (Å²) in [4.78, 5) is 2.44. The molecule has 0 saturated carbocycles. The normalized spacial score (nSPS) is 14.5. The number of hydrogen-bond donors (Lipinski definition) is 1. The summed E-state index contributed by atoms with van der Waals surface area (Å²) in [6, 6.07) is 8.25. The summed E-state index contributed by atoms with van der Waals surface area (Å²) in [5.41, 5.74) is 7.53. The minimum Gasteiger partial charge on any atom is -0.491 e. The van der Waals surface area contributed by atoms with Crippen LogP contribution in [-0.2, 0) is 0 Å². The van der Waals surface area contributed by atoms with Crippen molar-refractivity contribution in [2.45, 2.75) is 53.2 Å². The Hall–Kier alpha value is -1.06. The fraction of sp³-hybridized carbons (Fsp3) is 0.667. The third kappa shape index (κ3) is 6.49. The Kier molecular flexibility index (Phi) is 7.76. The van der Waals surface area contributed by atoms with Gasteiger partial charge in [0.25, 0.3) is 0 Å². The van der Waals surface area contributed by atoms with Crippen LogP contribution in [0.3, 0.4) is 0 Å². The van der Waals surface area contributed by atoms with Gasteiger partial charge in [0.1, 0.15) is 5.75 Å². The van der Waals surface area contributed by atoms with Gasteiger partial charge >= 0.3 is 0 Å². The Morgan fingerprint density at radius 1 is 1.05 bits per heavy atom. The molecule has 0 aliphatic heterocycles. The molecule has 21 heavy (non-hydrogen) atoms. The SMILES string of the molecule is CCC(C)CN(CC)CC(N)c1ccc(OC(C)C)cc1. The maximum absolute atomic E-state index is 6.36. The van der Waals surface area contributed by atoms with E-state index in [0.717, 1.165) is 31.3 Å². The van der Waals surface area contributed by atoms with Crippen molar-refractivity contribution in [1.82, 2.24) is 4.90 Å². The molecule has 3 heteroatoms. The lowest BCUT2D eigenvalue weighted by Crippen LogP contribution is -2.35. The second-order valence-corrected chi connectivity index (χ2v) is 6.21. The molecule has 2 atom stereocenters. The maximum atomic E-state index is 6.36. The Morgan fingerprint density at radius 3 is 2.14 bits per heavy atom. The van der Waals surface area contributed by atoms with Crippen molar-refractivity contribution >= 4 is 0 Å². The molecular formula is C18H32N2O. The van der Waals surface area contributed by atoms with E-state index in [-0.39, 0.29) is 12.1 Å². The van der Waals surface area contributed by atoms with Crippen LogP contribution in [0, 0.1) is 5.92 Å². The van der Waals surface area contributed by atoms with Crippen molar-refractivity contribution < 1.29 is 4.74 Å². The molecule has 0 radical (unpaired) electrons. The van der Waals surface area contributed by atoms with Crippen LogP contribution in [0.15, 0.2) is 24.3 Å². The quantitative estimate of drug-likeness (QED) is 0.751. The van der Waals surface area contributed by atoms with Crippen LogP contribution in [0.5, 0.6) is 5.75 Å². The number of ether oxygens (including phenoxy) is 1. The average molecular weight is 292 g/mol. The van der Waals surface area contributed by atoms with E-state index in [9.17, 15) is 0 Å². The molecule has 0 bridgehead atoms. The molecule has 0 aromatic heterocycles. The minimum atomic E-state index is 0.0575. The predicted molar refractivity (Wildman–Crippen MR) is 90.7 cm³/mol. The van der Waals surface area contributed by atoms with Gasteiger partial charge in [-0.15, -0.1) is 0 Å². The molecule has 1 rings (SSSR count). The third-order valence-electron chi connectivity index (χ3n) is 3.85. The zero-order chi connectivity index (χ0) is 15.8. The van der Waals surface area contributed by atoms with E-state index in [1.165, 1.54) is 12.0 Å². The van der Waals surface area contributed by atoms with Crippen LogP contribution in [0.25, 0.3) is 0 Å². The van der Waals surface area contributed by atoms with Gasteiger partial charge in [0.15, 0.2) is 0 Å². The third-order valence-corrected chi connectivity index (χ3v) is 3.85. The Balaban J connectivity index is 2.59. The molecule has 0 fully saturated rings. The van der Waals surface area contributed by atoms with Crippen LogP contribution in [0.2, 0.25) is 0 Å². The zero-order valence-electron chi connectivity index (χ0n) is 14.3. The molecule has 0 aliphatic rings. The smallest absolute Gasteiger partial charge is 0.119 e. The van der Waals surface area contributed by atoms with Crippen molar-refractivity contribution in [3.63, 3.8) is 0 Å². The summed E-state index contributed by atoms with van der Waals surface area (Å²) in [6.45, 7) is 13.9. The second kappa shape index (κ2) is 9.06. The summed E-state index contributed by atoms with van der Waals surface area (Å²) in [7, 11) is 0. The standard InChI is InChI=1S/C18H32N2O/c1-6-15(5)12-20(7-2)13-18(19)16-8-10-17(11-9-16)21-14(3)4/h8-11,14-15,18H,6-7,12-13,19H2,1-5H3. The van der Waals surface area contributed by atoms with Gasteiger partial charge in [0.2, 0.25) is 0 Å². The van der Waals surface area contributed by atoms with E-state index in [1.807, 2.05) is 26.0 Å². The van der Waals surface area contributed by atoms with Crippen molar-refractivity contribution in [3.05, 3.63) is 29.8 Å². The number of benzene rings is 1. The maximum Gasteiger partial charge on any atom is 0.119 e. The average Bonchev–Trinajstić information content (AvgIpc) is 2.46. The highest BCUT2D eigenvalue weighted by Crippen LogP contribution is 2.18. The van der Waals surface area contributed by atoms with Crippen molar-refractivity contribution in [1.29, 1.82) is 0 Å². The Morgan fingerprint density at radius 2 is 1.67 bits per heavy atom. The van der Waals surface area contributed by atoms with Gasteiger partial charge in [0.05, 0.1) is 6.10 Å². The lowest BCUT2D eigenvalue weighted by atomic mass is 10.1. The monoisotopic (exact) mass is 292 g/mol. The number of nitrogens with zero attached hydrogens (tertiary/aromatic N) is 1. The molecule has 120 valence electrons. The van der Waals surface area contributed by atoms with Crippen molar-refractivity contribution in [3.8, 4) is 5.75 Å². The van der Waals surface area contributed by atoms with Gasteiger partial charge in [-0.1, -0.05) is 39.3 Å². The predicted octanol–water partition coefficient (Wildman–Crippen LogP) is 3.84. The molecule has 0 heterocycles. The zero-order valence-corrected chi connectivity index (χ0v) is 14.3. The first-order valence-electron chi connectivity index (χ1n) is 8.20. The van der Waals surface area contributed by atoms with Crippen LogP contribution >= 0.6 is 0 Å². The number of likely N-dealkylation sites (N-methyl/N-ethyl adjacent to an activating group) is 1. The lowest BCUT2D eigenvalue weighted by molar-refractivity contribution is 0.232. The molecular weight excluding hydrogens is 260 g/mol. The molecule has 3 nitrogen and oxygen atoms in total. The topological polar surface area (TPSA) is 38.5 Å². The first-order valence-corrected chi connectivity index (χ1v) is 8.20. The molecule has 0 spiro atoms. The van der Waals surface area contributed by atoms with E-state index < -0.39 is 0 Å².